The monoisotopic (exact) mass is 416 g/mol. The van der Waals surface area contributed by atoms with E-state index < -0.39 is 16.7 Å². The van der Waals surface area contributed by atoms with Crippen LogP contribution in [0.15, 0.2) is 42.5 Å². The SMILES string of the molecule is C[C@H]1CCCN(c2ccc(C(=O)NNC(=O)c3cccc(Cl)c3)cc2[N+](=O)[O-])C1. The van der Waals surface area contributed by atoms with E-state index in [-0.39, 0.29) is 16.8 Å². The number of halogens is 1. The molecule has 9 heteroatoms. The first-order valence-electron chi connectivity index (χ1n) is 9.25. The van der Waals surface area contributed by atoms with E-state index in [1.807, 2.05) is 4.90 Å². The van der Waals surface area contributed by atoms with Gasteiger partial charge in [-0.15, -0.1) is 0 Å². The molecule has 29 heavy (non-hydrogen) atoms. The molecule has 0 aromatic heterocycles. The molecular formula is C20H21ClN4O4. The average molecular weight is 417 g/mol. The summed E-state index contributed by atoms with van der Waals surface area (Å²) in [6.45, 7) is 3.59. The van der Waals surface area contributed by atoms with Crippen LogP contribution >= 0.6 is 11.6 Å². The van der Waals surface area contributed by atoms with Gasteiger partial charge in [0.1, 0.15) is 5.69 Å². The normalized spacial score (nSPS) is 16.2. The molecule has 152 valence electrons. The summed E-state index contributed by atoms with van der Waals surface area (Å²) in [5, 5.41) is 12.0. The number of nitro benzene ring substituents is 1. The number of benzene rings is 2. The molecule has 0 bridgehead atoms. The lowest BCUT2D eigenvalue weighted by molar-refractivity contribution is -0.384. The van der Waals surface area contributed by atoms with Crippen LogP contribution in [0.1, 0.15) is 40.5 Å². The highest BCUT2D eigenvalue weighted by Gasteiger charge is 2.25. The van der Waals surface area contributed by atoms with Crippen LogP contribution in [0.2, 0.25) is 5.02 Å². The fraction of sp³-hybridized carbons (Fsp3) is 0.300. The lowest BCUT2D eigenvalue weighted by Crippen LogP contribution is -2.41. The number of carbonyl (C=O) groups excluding carboxylic acids is 2. The molecule has 0 spiro atoms. The number of nitrogens with zero attached hydrogens (tertiary/aromatic N) is 2. The predicted molar refractivity (Wildman–Crippen MR) is 110 cm³/mol. The third-order valence-corrected chi connectivity index (χ3v) is 5.04. The number of amides is 2. The fourth-order valence-corrected chi connectivity index (χ4v) is 3.56. The number of rotatable bonds is 4. The molecule has 0 unspecified atom stereocenters. The van der Waals surface area contributed by atoms with E-state index in [0.717, 1.165) is 25.9 Å². The van der Waals surface area contributed by atoms with Gasteiger partial charge in [0.2, 0.25) is 0 Å². The van der Waals surface area contributed by atoms with Gasteiger partial charge < -0.3 is 4.90 Å². The van der Waals surface area contributed by atoms with Crippen molar-refractivity contribution in [3.05, 3.63) is 68.7 Å². The van der Waals surface area contributed by atoms with Gasteiger partial charge in [-0.25, -0.2) is 0 Å². The Kier molecular flexibility index (Phi) is 6.33. The van der Waals surface area contributed by atoms with E-state index in [4.69, 9.17) is 11.6 Å². The minimum atomic E-state index is -0.651. The standard InChI is InChI=1S/C20H21ClN4O4/c1-13-4-3-9-24(12-13)17-8-7-15(11-18(17)25(28)29)20(27)23-22-19(26)14-5-2-6-16(21)10-14/h2,5-8,10-11,13H,3-4,9,12H2,1H3,(H,22,26)(H,23,27)/t13-/m0/s1. The molecular weight excluding hydrogens is 396 g/mol. The second-order valence-electron chi connectivity index (χ2n) is 7.07. The maximum Gasteiger partial charge on any atom is 0.293 e. The summed E-state index contributed by atoms with van der Waals surface area (Å²) in [6, 6.07) is 10.6. The summed E-state index contributed by atoms with van der Waals surface area (Å²) in [7, 11) is 0. The molecule has 1 saturated heterocycles. The van der Waals surface area contributed by atoms with Gasteiger partial charge in [0.15, 0.2) is 0 Å². The number of nitrogens with one attached hydrogen (secondary N) is 2. The van der Waals surface area contributed by atoms with E-state index in [0.29, 0.717) is 16.6 Å². The second-order valence-corrected chi connectivity index (χ2v) is 7.51. The minimum absolute atomic E-state index is 0.0805. The Balaban J connectivity index is 1.73. The largest absolute Gasteiger partial charge is 0.366 e. The van der Waals surface area contributed by atoms with E-state index in [9.17, 15) is 19.7 Å². The van der Waals surface area contributed by atoms with Crippen molar-refractivity contribution in [2.45, 2.75) is 19.8 Å². The van der Waals surface area contributed by atoms with Crippen molar-refractivity contribution in [2.24, 2.45) is 5.92 Å². The Morgan fingerprint density at radius 2 is 1.83 bits per heavy atom. The molecule has 3 rings (SSSR count). The maximum absolute atomic E-state index is 12.4. The number of hydrogen-bond acceptors (Lipinski definition) is 5. The van der Waals surface area contributed by atoms with Crippen molar-refractivity contribution in [3.8, 4) is 0 Å². The summed E-state index contributed by atoms with van der Waals surface area (Å²) >= 11 is 5.85. The summed E-state index contributed by atoms with van der Waals surface area (Å²) in [4.78, 5) is 37.5. The quantitative estimate of drug-likeness (QED) is 0.585. The highest BCUT2D eigenvalue weighted by molar-refractivity contribution is 6.31. The maximum atomic E-state index is 12.4. The molecule has 2 N–H and O–H groups in total. The van der Waals surface area contributed by atoms with Gasteiger partial charge in [-0.05, 0) is 49.1 Å². The first kappa shape index (κ1) is 20.6. The number of carbonyl (C=O) groups is 2. The van der Waals surface area contributed by atoms with Gasteiger partial charge in [-0.2, -0.15) is 0 Å². The lowest BCUT2D eigenvalue weighted by Gasteiger charge is -2.32. The van der Waals surface area contributed by atoms with Crippen LogP contribution in [0.4, 0.5) is 11.4 Å². The Morgan fingerprint density at radius 1 is 1.14 bits per heavy atom. The van der Waals surface area contributed by atoms with E-state index in [1.165, 1.54) is 18.2 Å². The number of hydrogen-bond donors (Lipinski definition) is 2. The number of anilines is 1. The molecule has 0 radical (unpaired) electrons. The molecule has 2 aromatic rings. The van der Waals surface area contributed by atoms with Crippen molar-refractivity contribution in [2.75, 3.05) is 18.0 Å². The Morgan fingerprint density at radius 3 is 2.45 bits per heavy atom. The van der Waals surface area contributed by atoms with Crippen LogP contribution in [0.5, 0.6) is 0 Å². The van der Waals surface area contributed by atoms with Gasteiger partial charge in [-0.1, -0.05) is 24.6 Å². The van der Waals surface area contributed by atoms with E-state index in [2.05, 4.69) is 17.8 Å². The Hall–Kier alpha value is -3.13. The Labute approximate surface area is 173 Å². The first-order valence-corrected chi connectivity index (χ1v) is 9.62. The van der Waals surface area contributed by atoms with E-state index in [1.54, 1.807) is 24.3 Å². The fourth-order valence-electron chi connectivity index (χ4n) is 3.37. The zero-order valence-corrected chi connectivity index (χ0v) is 16.6. The van der Waals surface area contributed by atoms with Crippen molar-refractivity contribution < 1.29 is 14.5 Å². The molecule has 1 heterocycles. The lowest BCUT2D eigenvalue weighted by atomic mass is 9.99. The zero-order valence-electron chi connectivity index (χ0n) is 15.9. The number of hydrazine groups is 1. The van der Waals surface area contributed by atoms with Gasteiger partial charge in [0.25, 0.3) is 17.5 Å². The third kappa shape index (κ3) is 5.03. The zero-order chi connectivity index (χ0) is 21.0. The molecule has 0 saturated carbocycles. The first-order chi connectivity index (χ1) is 13.8. The highest BCUT2D eigenvalue weighted by Crippen LogP contribution is 2.32. The Bertz CT molecular complexity index is 950. The summed E-state index contributed by atoms with van der Waals surface area (Å²) in [5.74, 6) is -0.746. The van der Waals surface area contributed by atoms with Crippen LogP contribution in [-0.4, -0.2) is 29.8 Å². The van der Waals surface area contributed by atoms with Crippen LogP contribution in [0, 0.1) is 16.0 Å². The van der Waals surface area contributed by atoms with Gasteiger partial charge in [-0.3, -0.25) is 30.6 Å². The van der Waals surface area contributed by atoms with Gasteiger partial charge in [0.05, 0.1) is 4.92 Å². The molecule has 0 aliphatic carbocycles. The molecule has 2 amide bonds. The molecule has 1 atom stereocenters. The highest BCUT2D eigenvalue weighted by atomic mass is 35.5. The average Bonchev–Trinajstić information content (AvgIpc) is 2.71. The van der Waals surface area contributed by atoms with Crippen LogP contribution in [0.3, 0.4) is 0 Å². The molecule has 1 aliphatic heterocycles. The minimum Gasteiger partial charge on any atom is -0.366 e. The summed E-state index contributed by atoms with van der Waals surface area (Å²) in [5.41, 5.74) is 5.28. The summed E-state index contributed by atoms with van der Waals surface area (Å²) < 4.78 is 0. The molecule has 1 aliphatic rings. The van der Waals surface area contributed by atoms with Crippen molar-refractivity contribution in [3.63, 3.8) is 0 Å². The third-order valence-electron chi connectivity index (χ3n) is 4.81. The van der Waals surface area contributed by atoms with Crippen molar-refractivity contribution in [1.82, 2.24) is 10.9 Å². The van der Waals surface area contributed by atoms with Crippen LogP contribution in [0.25, 0.3) is 0 Å². The molecule has 2 aromatic carbocycles. The predicted octanol–water partition coefficient (Wildman–Crippen LogP) is 3.56. The molecule has 1 fully saturated rings. The number of piperidine rings is 1. The second kappa shape index (κ2) is 8.91. The van der Waals surface area contributed by atoms with Gasteiger partial charge >= 0.3 is 0 Å². The summed E-state index contributed by atoms with van der Waals surface area (Å²) in [6.07, 6.45) is 2.06. The van der Waals surface area contributed by atoms with Crippen molar-refractivity contribution >= 4 is 34.8 Å². The van der Waals surface area contributed by atoms with Gasteiger partial charge in [0, 0.05) is 35.3 Å². The number of nitro groups is 1. The van der Waals surface area contributed by atoms with E-state index >= 15 is 0 Å². The van der Waals surface area contributed by atoms with Crippen molar-refractivity contribution in [1.29, 1.82) is 0 Å². The topological polar surface area (TPSA) is 105 Å². The van der Waals surface area contributed by atoms with Crippen LogP contribution < -0.4 is 15.8 Å². The molecule has 8 nitrogen and oxygen atoms in total. The smallest absolute Gasteiger partial charge is 0.293 e. The van der Waals surface area contributed by atoms with Crippen LogP contribution in [-0.2, 0) is 0 Å².